The lowest BCUT2D eigenvalue weighted by Crippen LogP contribution is -2.40. The first-order valence-corrected chi connectivity index (χ1v) is 7.62. The molecule has 3 rings (SSSR count). The van der Waals surface area contributed by atoms with Crippen molar-refractivity contribution in [2.75, 3.05) is 18.0 Å². The molecule has 2 aliphatic heterocycles. The van der Waals surface area contributed by atoms with Gasteiger partial charge in [-0.1, -0.05) is 0 Å². The zero-order valence-electron chi connectivity index (χ0n) is 12.6. The molecule has 22 heavy (non-hydrogen) atoms. The lowest BCUT2D eigenvalue weighted by Gasteiger charge is -2.29. The number of nitrogens with zero attached hydrogens (tertiary/aromatic N) is 2. The van der Waals surface area contributed by atoms with Crippen molar-refractivity contribution in [1.29, 1.82) is 0 Å². The predicted octanol–water partition coefficient (Wildman–Crippen LogP) is 1.08. The van der Waals surface area contributed by atoms with E-state index in [2.05, 4.69) is 15.2 Å². The number of rotatable bonds is 2. The number of nitrogens with one attached hydrogen (secondary N) is 1. The average molecular weight is 301 g/mol. The van der Waals surface area contributed by atoms with Gasteiger partial charge in [-0.2, -0.15) is 0 Å². The van der Waals surface area contributed by atoms with Crippen molar-refractivity contribution in [2.24, 2.45) is 0 Å². The molecule has 1 aromatic rings. The van der Waals surface area contributed by atoms with E-state index >= 15 is 0 Å². The van der Waals surface area contributed by atoms with Crippen molar-refractivity contribution >= 4 is 23.3 Å². The van der Waals surface area contributed by atoms with E-state index in [4.69, 9.17) is 0 Å². The van der Waals surface area contributed by atoms with Crippen molar-refractivity contribution in [3.05, 3.63) is 23.5 Å². The second kappa shape index (κ2) is 5.87. The van der Waals surface area contributed by atoms with Crippen molar-refractivity contribution < 1.29 is 14.4 Å². The maximum absolute atomic E-state index is 11.9. The third kappa shape index (κ3) is 2.86. The van der Waals surface area contributed by atoms with Crippen LogP contribution in [0.5, 0.6) is 0 Å². The summed E-state index contributed by atoms with van der Waals surface area (Å²) in [7, 11) is 0. The Kier molecular flexibility index (Phi) is 3.92. The summed E-state index contributed by atoms with van der Waals surface area (Å²) in [6.45, 7) is 3.36. The Morgan fingerprint density at radius 3 is 2.50 bits per heavy atom. The molecule has 6 heteroatoms. The van der Waals surface area contributed by atoms with E-state index in [1.165, 1.54) is 0 Å². The van der Waals surface area contributed by atoms with Gasteiger partial charge in [-0.3, -0.25) is 24.7 Å². The number of imide groups is 1. The van der Waals surface area contributed by atoms with Gasteiger partial charge in [-0.05, 0) is 25.5 Å². The minimum absolute atomic E-state index is 0.215. The highest BCUT2D eigenvalue weighted by Crippen LogP contribution is 2.27. The number of hydrogen-bond acceptors (Lipinski definition) is 5. The van der Waals surface area contributed by atoms with Gasteiger partial charge in [-0.15, -0.1) is 0 Å². The fourth-order valence-electron chi connectivity index (χ4n) is 3.07. The van der Waals surface area contributed by atoms with E-state index in [0.29, 0.717) is 37.2 Å². The molecule has 2 aliphatic rings. The number of hydrogen-bond donors (Lipinski definition) is 1. The maximum Gasteiger partial charge on any atom is 0.235 e. The molecule has 116 valence electrons. The normalized spacial score (nSPS) is 22.7. The van der Waals surface area contributed by atoms with E-state index in [1.54, 1.807) is 0 Å². The molecule has 0 bridgehead atoms. The summed E-state index contributed by atoms with van der Waals surface area (Å²) in [5.74, 6) is -0.526. The molecule has 6 nitrogen and oxygen atoms in total. The zero-order chi connectivity index (χ0) is 15.7. The summed E-state index contributed by atoms with van der Waals surface area (Å²) in [5, 5.41) is 2.36. The lowest BCUT2D eigenvalue weighted by molar-refractivity contribution is -0.134. The van der Waals surface area contributed by atoms with Crippen molar-refractivity contribution in [1.82, 2.24) is 10.3 Å². The third-order valence-electron chi connectivity index (χ3n) is 4.34. The molecular weight excluding hydrogens is 282 g/mol. The molecule has 1 N–H and O–H groups in total. The molecule has 0 saturated carbocycles. The smallest absolute Gasteiger partial charge is 0.235 e. The molecule has 3 heterocycles. The molecule has 0 aromatic carbocycles. The predicted molar refractivity (Wildman–Crippen MR) is 80.6 cm³/mol. The second-order valence-electron chi connectivity index (χ2n) is 5.87. The van der Waals surface area contributed by atoms with E-state index in [9.17, 15) is 14.4 Å². The number of anilines is 1. The van der Waals surface area contributed by atoms with Crippen LogP contribution in [-0.2, 0) is 14.4 Å². The molecule has 0 spiro atoms. The van der Waals surface area contributed by atoms with Gasteiger partial charge in [0, 0.05) is 32.4 Å². The van der Waals surface area contributed by atoms with Crippen LogP contribution in [0.15, 0.2) is 12.1 Å². The SMILES string of the molecule is Cc1nc(C2CCC(=O)NC2=O)ccc1N1CCC(=O)CC1. The number of Topliss-reactive ketones (excluding diaryl/α,β-unsaturated/α-hetero) is 1. The number of aromatic nitrogens is 1. The van der Waals surface area contributed by atoms with Gasteiger partial charge in [0.1, 0.15) is 5.78 Å². The Hall–Kier alpha value is -2.24. The lowest BCUT2D eigenvalue weighted by atomic mass is 9.94. The average Bonchev–Trinajstić information content (AvgIpc) is 2.48. The van der Waals surface area contributed by atoms with Crippen LogP contribution in [0, 0.1) is 6.92 Å². The molecule has 1 unspecified atom stereocenters. The Balaban J connectivity index is 1.79. The number of carbonyl (C=O) groups excluding carboxylic acids is 3. The van der Waals surface area contributed by atoms with Crippen LogP contribution in [0.25, 0.3) is 0 Å². The Morgan fingerprint density at radius 1 is 1.14 bits per heavy atom. The Morgan fingerprint density at radius 2 is 1.86 bits per heavy atom. The van der Waals surface area contributed by atoms with Crippen LogP contribution in [-0.4, -0.2) is 35.7 Å². The summed E-state index contributed by atoms with van der Waals surface area (Å²) < 4.78 is 0. The first-order valence-electron chi connectivity index (χ1n) is 7.62. The number of ketones is 1. The van der Waals surface area contributed by atoms with Gasteiger partial charge in [0.15, 0.2) is 0 Å². The largest absolute Gasteiger partial charge is 0.369 e. The summed E-state index contributed by atoms with van der Waals surface area (Å²) in [5.41, 5.74) is 2.58. The number of piperidine rings is 2. The molecule has 0 aliphatic carbocycles. The quantitative estimate of drug-likeness (QED) is 0.827. The van der Waals surface area contributed by atoms with Gasteiger partial charge >= 0.3 is 0 Å². The molecular formula is C16H19N3O3. The van der Waals surface area contributed by atoms with Crippen molar-refractivity contribution in [3.8, 4) is 0 Å². The molecule has 2 saturated heterocycles. The van der Waals surface area contributed by atoms with Gasteiger partial charge in [0.25, 0.3) is 0 Å². The minimum atomic E-state index is -0.353. The first kappa shape index (κ1) is 14.7. The Labute approximate surface area is 128 Å². The fraction of sp³-hybridized carbons (Fsp3) is 0.500. The van der Waals surface area contributed by atoms with Crippen LogP contribution in [0.3, 0.4) is 0 Å². The topological polar surface area (TPSA) is 79.4 Å². The number of aryl methyl sites for hydroxylation is 1. The fourth-order valence-corrected chi connectivity index (χ4v) is 3.07. The van der Waals surface area contributed by atoms with E-state index in [0.717, 1.165) is 24.5 Å². The van der Waals surface area contributed by atoms with Crippen LogP contribution in [0.4, 0.5) is 5.69 Å². The molecule has 1 atom stereocenters. The summed E-state index contributed by atoms with van der Waals surface area (Å²) in [6.07, 6.45) is 2.02. The standard InChI is InChI=1S/C16H19N3O3/c1-10-14(19-8-6-11(20)7-9-19)4-3-13(17-10)12-2-5-15(21)18-16(12)22/h3-4,12H,2,5-9H2,1H3,(H,18,21,22). The highest BCUT2D eigenvalue weighted by molar-refractivity contribution is 6.00. The highest BCUT2D eigenvalue weighted by Gasteiger charge is 2.29. The zero-order valence-corrected chi connectivity index (χ0v) is 12.6. The first-order chi connectivity index (χ1) is 10.5. The van der Waals surface area contributed by atoms with E-state index in [-0.39, 0.29) is 17.7 Å². The highest BCUT2D eigenvalue weighted by atomic mass is 16.2. The van der Waals surface area contributed by atoms with Gasteiger partial charge < -0.3 is 4.90 Å². The minimum Gasteiger partial charge on any atom is -0.369 e. The molecule has 1 aromatic heterocycles. The molecule has 0 radical (unpaired) electrons. The summed E-state index contributed by atoms with van der Waals surface area (Å²) in [6, 6.07) is 3.83. The Bertz CT molecular complexity index is 632. The van der Waals surface area contributed by atoms with Crippen molar-refractivity contribution in [2.45, 2.75) is 38.5 Å². The van der Waals surface area contributed by atoms with Crippen LogP contribution >= 0.6 is 0 Å². The number of pyridine rings is 1. The van der Waals surface area contributed by atoms with Gasteiger partial charge in [0.05, 0.1) is 23.0 Å². The third-order valence-corrected chi connectivity index (χ3v) is 4.34. The van der Waals surface area contributed by atoms with E-state index in [1.807, 2.05) is 19.1 Å². The van der Waals surface area contributed by atoms with Gasteiger partial charge in [0.2, 0.25) is 11.8 Å². The molecule has 2 fully saturated rings. The number of carbonyl (C=O) groups is 3. The summed E-state index contributed by atoms with van der Waals surface area (Å²) in [4.78, 5) is 41.2. The van der Waals surface area contributed by atoms with E-state index < -0.39 is 0 Å². The van der Waals surface area contributed by atoms with Crippen LogP contribution in [0.1, 0.15) is 43.0 Å². The van der Waals surface area contributed by atoms with Crippen LogP contribution < -0.4 is 10.2 Å². The monoisotopic (exact) mass is 301 g/mol. The molecule has 2 amide bonds. The van der Waals surface area contributed by atoms with Crippen LogP contribution in [0.2, 0.25) is 0 Å². The van der Waals surface area contributed by atoms with Gasteiger partial charge in [-0.25, -0.2) is 0 Å². The number of amides is 2. The summed E-state index contributed by atoms with van der Waals surface area (Å²) >= 11 is 0. The maximum atomic E-state index is 11.9. The van der Waals surface area contributed by atoms with Crippen molar-refractivity contribution in [3.63, 3.8) is 0 Å². The second-order valence-corrected chi connectivity index (χ2v) is 5.87.